The maximum Gasteiger partial charge on any atom is 0.338 e. The number of hydrogen-bond donors (Lipinski definition) is 1. The van der Waals surface area contributed by atoms with E-state index in [9.17, 15) is 24.0 Å². The van der Waals surface area contributed by atoms with Gasteiger partial charge in [0.25, 0.3) is 0 Å². The highest BCUT2D eigenvalue weighted by atomic mass is 35.5. The van der Waals surface area contributed by atoms with Crippen LogP contribution in [-0.2, 0) is 31.1 Å². The van der Waals surface area contributed by atoms with Crippen LogP contribution in [0.2, 0.25) is 5.02 Å². The van der Waals surface area contributed by atoms with Gasteiger partial charge in [-0.3, -0.25) is 23.7 Å². The number of imide groups is 1. The fraction of sp³-hybridized carbons (Fsp3) is 0.286. The molecule has 47 heavy (non-hydrogen) atoms. The van der Waals surface area contributed by atoms with E-state index in [-0.39, 0.29) is 35.3 Å². The van der Waals surface area contributed by atoms with Gasteiger partial charge in [0.05, 0.1) is 28.8 Å². The summed E-state index contributed by atoms with van der Waals surface area (Å²) in [6, 6.07) is 20.8. The van der Waals surface area contributed by atoms with Crippen LogP contribution >= 0.6 is 34.7 Å². The molecule has 242 valence electrons. The second-order valence-corrected chi connectivity index (χ2v) is 14.9. The van der Waals surface area contributed by atoms with Crippen molar-refractivity contribution in [1.82, 2.24) is 4.57 Å². The number of esters is 1. The van der Waals surface area contributed by atoms with Gasteiger partial charge in [0.1, 0.15) is 11.8 Å². The van der Waals surface area contributed by atoms with Crippen molar-refractivity contribution in [3.63, 3.8) is 0 Å². The van der Waals surface area contributed by atoms with Crippen molar-refractivity contribution < 1.29 is 23.9 Å². The lowest BCUT2D eigenvalue weighted by Crippen LogP contribution is -2.33. The zero-order valence-corrected chi connectivity index (χ0v) is 28.5. The topological polar surface area (TPSA) is 115 Å². The largest absolute Gasteiger partial charge is 0.462 e. The Morgan fingerprint density at radius 1 is 0.915 bits per heavy atom. The molecule has 0 saturated carbocycles. The summed E-state index contributed by atoms with van der Waals surface area (Å²) in [5.74, 6) is -2.98. The highest BCUT2D eigenvalue weighted by Gasteiger charge is 2.56. The molecule has 0 aliphatic carbocycles. The third-order valence-corrected chi connectivity index (χ3v) is 11.1. The number of rotatable bonds is 7. The molecule has 3 aromatic carbocycles. The Labute approximate surface area is 284 Å². The maximum atomic E-state index is 14.1. The summed E-state index contributed by atoms with van der Waals surface area (Å²) in [5, 5.41) is 2.95. The summed E-state index contributed by atoms with van der Waals surface area (Å²) < 4.78 is 6.39. The first-order valence-corrected chi connectivity index (χ1v) is 17.2. The minimum atomic E-state index is -0.809. The first kappa shape index (κ1) is 32.7. The molecule has 3 amide bonds. The number of thiazole rings is 1. The van der Waals surface area contributed by atoms with Crippen LogP contribution in [-0.4, -0.2) is 40.1 Å². The van der Waals surface area contributed by atoms with Crippen LogP contribution in [0.1, 0.15) is 60.0 Å². The molecule has 1 N–H and O–H groups in total. The smallest absolute Gasteiger partial charge is 0.338 e. The Morgan fingerprint density at radius 2 is 1.57 bits per heavy atom. The lowest BCUT2D eigenvalue weighted by atomic mass is 9.81. The molecule has 0 spiro atoms. The van der Waals surface area contributed by atoms with Crippen molar-refractivity contribution in [3.8, 4) is 0 Å². The van der Waals surface area contributed by atoms with Crippen LogP contribution in [0.5, 0.6) is 0 Å². The second kappa shape index (κ2) is 12.8. The Hall–Kier alpha value is -4.19. The van der Waals surface area contributed by atoms with E-state index in [1.807, 2.05) is 24.3 Å². The van der Waals surface area contributed by atoms with Crippen LogP contribution in [0.3, 0.4) is 0 Å². The normalized spacial score (nSPS) is 18.9. The van der Waals surface area contributed by atoms with Crippen LogP contribution in [0, 0.1) is 5.92 Å². The van der Waals surface area contributed by atoms with Crippen LogP contribution in [0.4, 0.5) is 11.4 Å². The van der Waals surface area contributed by atoms with Crippen LogP contribution < -0.4 is 15.1 Å². The van der Waals surface area contributed by atoms with Gasteiger partial charge < -0.3 is 10.1 Å². The number of anilines is 2. The number of thioether (sulfide) groups is 1. The molecule has 12 heteroatoms. The number of hydrogen-bond acceptors (Lipinski definition) is 8. The lowest BCUT2D eigenvalue weighted by molar-refractivity contribution is -0.122. The van der Waals surface area contributed by atoms with Crippen LogP contribution in [0.15, 0.2) is 82.6 Å². The number of fused-ring (bicyclic) bond motifs is 2. The molecule has 0 bridgehead atoms. The van der Waals surface area contributed by atoms with Gasteiger partial charge >= 0.3 is 10.8 Å². The number of halogens is 1. The van der Waals surface area contributed by atoms with E-state index in [1.165, 1.54) is 9.47 Å². The fourth-order valence-electron chi connectivity index (χ4n) is 5.90. The summed E-state index contributed by atoms with van der Waals surface area (Å²) in [4.78, 5) is 68.3. The van der Waals surface area contributed by atoms with Crippen LogP contribution in [0.25, 0.3) is 0 Å². The van der Waals surface area contributed by atoms with Gasteiger partial charge in [-0.25, -0.2) is 9.69 Å². The Balaban J connectivity index is 1.35. The van der Waals surface area contributed by atoms with Crippen molar-refractivity contribution in [2.24, 2.45) is 5.92 Å². The number of nitrogens with zero attached hydrogens (tertiary/aromatic N) is 2. The van der Waals surface area contributed by atoms with Gasteiger partial charge in [-0.2, -0.15) is 0 Å². The lowest BCUT2D eigenvalue weighted by Gasteiger charge is -2.31. The van der Waals surface area contributed by atoms with Gasteiger partial charge in [0.15, 0.2) is 0 Å². The van der Waals surface area contributed by atoms with E-state index < -0.39 is 29.0 Å². The number of aromatic nitrogens is 1. The van der Waals surface area contributed by atoms with Gasteiger partial charge in [-0.15, -0.1) is 0 Å². The van der Waals surface area contributed by atoms with Crippen molar-refractivity contribution >= 4 is 69.8 Å². The minimum Gasteiger partial charge on any atom is -0.462 e. The van der Waals surface area contributed by atoms with Crippen molar-refractivity contribution in [2.75, 3.05) is 16.8 Å². The predicted octanol–water partition coefficient (Wildman–Crippen LogP) is 6.47. The Morgan fingerprint density at radius 3 is 2.19 bits per heavy atom. The molecular weight excluding hydrogens is 658 g/mol. The third kappa shape index (κ3) is 6.27. The Bertz CT molecular complexity index is 1930. The molecule has 1 saturated heterocycles. The predicted molar refractivity (Wildman–Crippen MR) is 184 cm³/mol. The average molecular weight is 690 g/mol. The molecule has 2 aliphatic rings. The molecule has 3 atom stereocenters. The Kier molecular flexibility index (Phi) is 8.90. The highest BCUT2D eigenvalue weighted by molar-refractivity contribution is 8.00. The second-order valence-electron chi connectivity index (χ2n) is 12.4. The summed E-state index contributed by atoms with van der Waals surface area (Å²) in [7, 11) is 0. The monoisotopic (exact) mass is 689 g/mol. The van der Waals surface area contributed by atoms with E-state index in [1.54, 1.807) is 55.5 Å². The summed E-state index contributed by atoms with van der Waals surface area (Å²) in [5.41, 5.74) is 3.05. The highest BCUT2D eigenvalue weighted by Crippen LogP contribution is 2.54. The summed E-state index contributed by atoms with van der Waals surface area (Å²) >= 11 is 8.24. The maximum absolute atomic E-state index is 14.1. The van der Waals surface area contributed by atoms with Crippen molar-refractivity contribution in [3.05, 3.63) is 109 Å². The zero-order valence-electron chi connectivity index (χ0n) is 26.1. The number of nitrogens with one attached hydrogen (secondary N) is 1. The van der Waals surface area contributed by atoms with Gasteiger partial charge in [0, 0.05) is 21.5 Å². The molecule has 4 aromatic rings. The van der Waals surface area contributed by atoms with Crippen molar-refractivity contribution in [1.29, 1.82) is 0 Å². The number of amides is 3. The molecule has 1 fully saturated rings. The molecule has 3 heterocycles. The van der Waals surface area contributed by atoms with Gasteiger partial charge in [0.2, 0.25) is 17.7 Å². The molecule has 2 aliphatic heterocycles. The van der Waals surface area contributed by atoms with E-state index >= 15 is 0 Å². The first-order chi connectivity index (χ1) is 22.4. The number of benzene rings is 3. The third-order valence-electron chi connectivity index (χ3n) is 8.25. The average Bonchev–Trinajstić information content (AvgIpc) is 3.47. The number of ether oxygens (including phenoxy) is 1. The fourth-order valence-corrected chi connectivity index (χ4v) is 8.80. The molecule has 6 rings (SSSR count). The van der Waals surface area contributed by atoms with Gasteiger partial charge in [-0.1, -0.05) is 79.7 Å². The van der Waals surface area contributed by atoms with E-state index in [0.717, 1.165) is 34.2 Å². The minimum absolute atomic E-state index is 0.0974. The molecule has 0 radical (unpaired) electrons. The van der Waals surface area contributed by atoms with Gasteiger partial charge in [-0.05, 0) is 72.0 Å². The molecule has 1 aromatic heterocycles. The van der Waals surface area contributed by atoms with Crippen molar-refractivity contribution in [2.45, 2.75) is 55.8 Å². The molecule has 2 unspecified atom stereocenters. The molecule has 9 nitrogen and oxygen atoms in total. The number of carbonyl (C=O) groups excluding carboxylic acids is 4. The summed E-state index contributed by atoms with van der Waals surface area (Å²) in [6.07, 6.45) is 0. The van der Waals surface area contributed by atoms with E-state index in [2.05, 4.69) is 26.1 Å². The van der Waals surface area contributed by atoms with E-state index in [0.29, 0.717) is 31.9 Å². The summed E-state index contributed by atoms with van der Waals surface area (Å²) in [6.45, 7) is 8.01. The quantitative estimate of drug-likeness (QED) is 0.175. The SMILES string of the molecule is CCOC(=O)c1ccc(NC(=O)Cn2c3c(sc2=O)[C@@H](c2ccc(C(C)(C)C)cc2)C2C(=O)N(c4ccc(Cl)cc4)C(=O)C2S3)cc1. The number of carbonyl (C=O) groups is 4. The molecular formula is C35H32ClN3O6S2. The zero-order chi connectivity index (χ0) is 33.6. The standard InChI is InChI=1S/C35H32ClN3O6S2/c1-5-45-33(43)20-8-14-23(15-9-20)37-25(40)18-38-32-29(47-34(38)44)26(19-6-10-21(11-7-19)35(2,3)4)27-28(46-32)31(42)39(30(27)41)24-16-12-22(36)13-17-24/h6-17,26-28H,5,18H2,1-4H3,(H,37,40)/t26-,27?,28?/m0/s1. The first-order valence-electron chi connectivity index (χ1n) is 15.1. The van der Waals surface area contributed by atoms with E-state index in [4.69, 9.17) is 16.3 Å².